The summed E-state index contributed by atoms with van der Waals surface area (Å²) in [6.45, 7) is 2.25. The molecule has 2 aromatic rings. The number of benzene rings is 2. The monoisotopic (exact) mass is 360 g/mol. The lowest BCUT2D eigenvalue weighted by molar-refractivity contribution is 0.240. The summed E-state index contributed by atoms with van der Waals surface area (Å²) in [5.74, 6) is 0.790. The third-order valence-electron chi connectivity index (χ3n) is 4.60. The minimum absolute atomic E-state index is 0.0443. The minimum Gasteiger partial charge on any atom is -0.496 e. The zero-order valence-electron chi connectivity index (χ0n) is 14.4. The molecule has 1 heterocycles. The highest BCUT2D eigenvalue weighted by molar-refractivity contribution is 7.89. The van der Waals surface area contributed by atoms with Crippen molar-refractivity contribution in [2.45, 2.75) is 23.8 Å². The van der Waals surface area contributed by atoms with Crippen LogP contribution in [-0.2, 0) is 10.0 Å². The first kappa shape index (κ1) is 17.9. The molecule has 1 saturated heterocycles. The van der Waals surface area contributed by atoms with E-state index in [-0.39, 0.29) is 10.9 Å². The normalized spacial score (nSPS) is 16.7. The molecule has 2 aromatic carbocycles. The summed E-state index contributed by atoms with van der Waals surface area (Å²) in [4.78, 5) is 2.61. The molecule has 1 fully saturated rings. The van der Waals surface area contributed by atoms with E-state index in [1.165, 1.54) is 0 Å². The maximum atomic E-state index is 12.6. The molecule has 25 heavy (non-hydrogen) atoms. The molecule has 0 radical (unpaired) electrons. The van der Waals surface area contributed by atoms with Gasteiger partial charge in [0.25, 0.3) is 0 Å². The molecule has 134 valence electrons. The third kappa shape index (κ3) is 4.21. The summed E-state index contributed by atoms with van der Waals surface area (Å²) in [5.41, 5.74) is 1.02. The zero-order chi connectivity index (χ0) is 17.7. The second-order valence-corrected chi connectivity index (χ2v) is 7.93. The summed E-state index contributed by atoms with van der Waals surface area (Å²) in [6, 6.07) is 16.3. The van der Waals surface area contributed by atoms with Crippen LogP contribution in [0.1, 0.15) is 24.4 Å². The van der Waals surface area contributed by atoms with E-state index in [0.717, 1.165) is 37.2 Å². The van der Waals surface area contributed by atoms with Crippen LogP contribution in [0.3, 0.4) is 0 Å². The SMILES string of the molecule is COc1ccccc1C(CNS(=O)(=O)c1ccccc1)N1CCCC1. The van der Waals surface area contributed by atoms with Crippen molar-refractivity contribution in [1.82, 2.24) is 9.62 Å². The molecule has 1 aliphatic rings. The van der Waals surface area contributed by atoms with E-state index in [2.05, 4.69) is 9.62 Å². The summed E-state index contributed by atoms with van der Waals surface area (Å²) < 4.78 is 33.4. The number of hydrogen-bond donors (Lipinski definition) is 1. The van der Waals surface area contributed by atoms with E-state index in [9.17, 15) is 8.42 Å². The molecular weight excluding hydrogens is 336 g/mol. The van der Waals surface area contributed by atoms with Crippen LogP contribution in [-0.4, -0.2) is 40.1 Å². The van der Waals surface area contributed by atoms with Gasteiger partial charge in [-0.3, -0.25) is 4.90 Å². The Hall–Kier alpha value is -1.89. The molecule has 0 bridgehead atoms. The Morgan fingerprint density at radius 3 is 2.36 bits per heavy atom. The van der Waals surface area contributed by atoms with Crippen molar-refractivity contribution in [2.24, 2.45) is 0 Å². The van der Waals surface area contributed by atoms with Gasteiger partial charge in [-0.05, 0) is 44.1 Å². The first-order valence-corrected chi connectivity index (χ1v) is 10.0. The fraction of sp³-hybridized carbons (Fsp3) is 0.368. The van der Waals surface area contributed by atoms with E-state index in [1.807, 2.05) is 24.3 Å². The van der Waals surface area contributed by atoms with Crippen LogP contribution in [0, 0.1) is 0 Å². The first-order chi connectivity index (χ1) is 12.1. The van der Waals surface area contributed by atoms with E-state index in [4.69, 9.17) is 4.74 Å². The van der Waals surface area contributed by atoms with Crippen LogP contribution >= 0.6 is 0 Å². The average Bonchev–Trinajstić information content (AvgIpc) is 3.17. The van der Waals surface area contributed by atoms with E-state index < -0.39 is 10.0 Å². The molecule has 3 rings (SSSR count). The van der Waals surface area contributed by atoms with Gasteiger partial charge in [0.15, 0.2) is 0 Å². The quantitative estimate of drug-likeness (QED) is 0.825. The summed E-state index contributed by atoms with van der Waals surface area (Å²) in [5, 5.41) is 0. The Morgan fingerprint density at radius 2 is 1.68 bits per heavy atom. The standard InChI is InChI=1S/C19H24N2O3S/c1-24-19-12-6-5-11-17(19)18(21-13-7-8-14-21)15-20-25(22,23)16-9-3-2-4-10-16/h2-6,9-12,18,20H,7-8,13-15H2,1H3. The highest BCUT2D eigenvalue weighted by atomic mass is 32.2. The summed E-state index contributed by atoms with van der Waals surface area (Å²) in [6.07, 6.45) is 2.27. The van der Waals surface area contributed by atoms with Crippen molar-refractivity contribution in [1.29, 1.82) is 0 Å². The van der Waals surface area contributed by atoms with E-state index in [1.54, 1.807) is 37.4 Å². The van der Waals surface area contributed by atoms with Gasteiger partial charge >= 0.3 is 0 Å². The molecule has 0 aliphatic carbocycles. The number of sulfonamides is 1. The van der Waals surface area contributed by atoms with Crippen molar-refractivity contribution in [3.05, 3.63) is 60.2 Å². The van der Waals surface area contributed by atoms with Crippen molar-refractivity contribution < 1.29 is 13.2 Å². The second-order valence-electron chi connectivity index (χ2n) is 6.17. The van der Waals surface area contributed by atoms with E-state index >= 15 is 0 Å². The van der Waals surface area contributed by atoms with Gasteiger partial charge in [-0.25, -0.2) is 13.1 Å². The second kappa shape index (κ2) is 7.99. The molecule has 1 aliphatic heterocycles. The van der Waals surface area contributed by atoms with Gasteiger partial charge in [0.05, 0.1) is 18.0 Å². The van der Waals surface area contributed by atoms with Crippen molar-refractivity contribution in [3.63, 3.8) is 0 Å². The predicted octanol–water partition coefficient (Wildman–Crippen LogP) is 2.81. The Kier molecular flexibility index (Phi) is 5.73. The van der Waals surface area contributed by atoms with Crippen LogP contribution in [0.5, 0.6) is 5.75 Å². The number of nitrogens with zero attached hydrogens (tertiary/aromatic N) is 1. The number of likely N-dealkylation sites (tertiary alicyclic amines) is 1. The molecule has 1 N–H and O–H groups in total. The average molecular weight is 360 g/mol. The molecule has 0 saturated carbocycles. The Balaban J connectivity index is 1.83. The van der Waals surface area contributed by atoms with Crippen LogP contribution in [0.4, 0.5) is 0 Å². The first-order valence-electron chi connectivity index (χ1n) is 8.53. The predicted molar refractivity (Wildman–Crippen MR) is 98.2 cm³/mol. The molecule has 0 spiro atoms. The topological polar surface area (TPSA) is 58.6 Å². The van der Waals surface area contributed by atoms with Crippen molar-refractivity contribution in [2.75, 3.05) is 26.7 Å². The molecule has 1 atom stereocenters. The lowest BCUT2D eigenvalue weighted by atomic mass is 10.0. The van der Waals surface area contributed by atoms with Gasteiger partial charge in [-0.2, -0.15) is 0 Å². The molecule has 0 aromatic heterocycles. The van der Waals surface area contributed by atoms with Crippen molar-refractivity contribution in [3.8, 4) is 5.75 Å². The summed E-state index contributed by atoms with van der Waals surface area (Å²) >= 11 is 0. The van der Waals surface area contributed by atoms with Gasteiger partial charge in [-0.15, -0.1) is 0 Å². The van der Waals surface area contributed by atoms with E-state index in [0.29, 0.717) is 6.54 Å². The highest BCUT2D eigenvalue weighted by Gasteiger charge is 2.27. The fourth-order valence-corrected chi connectivity index (χ4v) is 4.36. The largest absolute Gasteiger partial charge is 0.496 e. The Morgan fingerprint density at radius 1 is 1.04 bits per heavy atom. The lowest BCUT2D eigenvalue weighted by Crippen LogP contribution is -2.37. The number of methoxy groups -OCH3 is 1. The molecule has 1 unspecified atom stereocenters. The molecule has 0 amide bonds. The number of para-hydroxylation sites is 1. The van der Waals surface area contributed by atoms with Crippen LogP contribution in [0.2, 0.25) is 0 Å². The number of rotatable bonds is 7. The Labute approximate surface area is 149 Å². The van der Waals surface area contributed by atoms with Crippen LogP contribution < -0.4 is 9.46 Å². The van der Waals surface area contributed by atoms with Gasteiger partial charge in [0.2, 0.25) is 10.0 Å². The fourth-order valence-electron chi connectivity index (χ4n) is 3.30. The third-order valence-corrected chi connectivity index (χ3v) is 6.04. The van der Waals surface area contributed by atoms with Gasteiger partial charge < -0.3 is 4.74 Å². The highest BCUT2D eigenvalue weighted by Crippen LogP contribution is 2.31. The van der Waals surface area contributed by atoms with Gasteiger partial charge in [0.1, 0.15) is 5.75 Å². The molecule has 5 nitrogen and oxygen atoms in total. The Bertz CT molecular complexity index is 787. The number of ether oxygens (including phenoxy) is 1. The zero-order valence-corrected chi connectivity index (χ0v) is 15.2. The molecular formula is C19H24N2O3S. The van der Waals surface area contributed by atoms with Crippen LogP contribution in [0.25, 0.3) is 0 Å². The summed E-state index contributed by atoms with van der Waals surface area (Å²) in [7, 11) is -1.88. The van der Waals surface area contributed by atoms with Gasteiger partial charge in [-0.1, -0.05) is 36.4 Å². The lowest BCUT2D eigenvalue weighted by Gasteiger charge is -2.29. The minimum atomic E-state index is -3.53. The number of nitrogens with one attached hydrogen (secondary N) is 1. The van der Waals surface area contributed by atoms with Crippen LogP contribution in [0.15, 0.2) is 59.5 Å². The van der Waals surface area contributed by atoms with Gasteiger partial charge in [0, 0.05) is 12.1 Å². The smallest absolute Gasteiger partial charge is 0.240 e. The van der Waals surface area contributed by atoms with Crippen molar-refractivity contribution >= 4 is 10.0 Å². The maximum absolute atomic E-state index is 12.6. The molecule has 6 heteroatoms. The number of hydrogen-bond acceptors (Lipinski definition) is 4. The maximum Gasteiger partial charge on any atom is 0.240 e.